The van der Waals surface area contributed by atoms with Crippen molar-refractivity contribution in [1.29, 1.82) is 0 Å². The second kappa shape index (κ2) is 6.64. The zero-order valence-corrected chi connectivity index (χ0v) is 9.82. The summed E-state index contributed by atoms with van der Waals surface area (Å²) in [6.07, 6.45) is 3.69. The van der Waals surface area contributed by atoms with Gasteiger partial charge in [0.05, 0.1) is 6.26 Å². The summed E-state index contributed by atoms with van der Waals surface area (Å²) in [5, 5.41) is 3.51. The molecule has 0 aliphatic heterocycles. The van der Waals surface area contributed by atoms with Crippen molar-refractivity contribution in [3.8, 4) is 0 Å². The third-order valence-electron chi connectivity index (χ3n) is 2.41. The van der Waals surface area contributed by atoms with Crippen molar-refractivity contribution >= 4 is 0 Å². The van der Waals surface area contributed by atoms with E-state index in [1.165, 1.54) is 0 Å². The number of hydrogen-bond acceptors (Lipinski definition) is 3. The minimum Gasteiger partial charge on any atom is -0.469 e. The van der Waals surface area contributed by atoms with Crippen molar-refractivity contribution in [3.05, 3.63) is 24.2 Å². The molecule has 0 amide bonds. The maximum atomic E-state index is 5.30. The van der Waals surface area contributed by atoms with Gasteiger partial charge in [-0.1, -0.05) is 0 Å². The highest BCUT2D eigenvalue weighted by atomic mass is 16.5. The molecule has 0 saturated heterocycles. The lowest BCUT2D eigenvalue weighted by molar-refractivity contribution is 0.183. The molecular formula is C12H21NO2. The van der Waals surface area contributed by atoms with E-state index in [-0.39, 0.29) is 0 Å². The predicted molar refractivity (Wildman–Crippen MR) is 61.0 cm³/mol. The first-order valence-corrected chi connectivity index (χ1v) is 5.49. The first-order chi connectivity index (χ1) is 7.22. The molecule has 0 aromatic carbocycles. The minimum atomic E-state index is 0.433. The number of hydrogen-bond donors (Lipinski definition) is 1. The molecule has 1 rings (SSSR count). The summed E-state index contributed by atoms with van der Waals surface area (Å²) >= 11 is 0. The SMILES string of the molecule is COCCC(C)NC(C)Cc1ccco1. The molecule has 2 atom stereocenters. The van der Waals surface area contributed by atoms with Crippen LogP contribution in [0.4, 0.5) is 0 Å². The van der Waals surface area contributed by atoms with Crippen LogP contribution in [0.5, 0.6) is 0 Å². The fourth-order valence-electron chi connectivity index (χ4n) is 1.65. The summed E-state index contributed by atoms with van der Waals surface area (Å²) in [7, 11) is 1.74. The molecule has 2 unspecified atom stereocenters. The smallest absolute Gasteiger partial charge is 0.105 e. The maximum Gasteiger partial charge on any atom is 0.105 e. The highest BCUT2D eigenvalue weighted by molar-refractivity contribution is 5.00. The van der Waals surface area contributed by atoms with Crippen LogP contribution in [0.2, 0.25) is 0 Å². The normalized spacial score (nSPS) is 15.1. The van der Waals surface area contributed by atoms with Gasteiger partial charge in [0, 0.05) is 32.2 Å². The van der Waals surface area contributed by atoms with Gasteiger partial charge in [0.1, 0.15) is 5.76 Å². The van der Waals surface area contributed by atoms with E-state index in [0.717, 1.165) is 25.2 Å². The highest BCUT2D eigenvalue weighted by Crippen LogP contribution is 2.05. The maximum absolute atomic E-state index is 5.30. The zero-order valence-electron chi connectivity index (χ0n) is 9.82. The fraction of sp³-hybridized carbons (Fsp3) is 0.667. The second-order valence-corrected chi connectivity index (χ2v) is 4.03. The van der Waals surface area contributed by atoms with Crippen LogP contribution >= 0.6 is 0 Å². The number of nitrogens with one attached hydrogen (secondary N) is 1. The molecule has 1 heterocycles. The standard InChI is InChI=1S/C12H21NO2/c1-10(6-8-14-3)13-11(2)9-12-5-4-7-15-12/h4-5,7,10-11,13H,6,8-9H2,1-3H3. The lowest BCUT2D eigenvalue weighted by Gasteiger charge is -2.18. The molecular weight excluding hydrogens is 190 g/mol. The van der Waals surface area contributed by atoms with Crippen LogP contribution in [0.1, 0.15) is 26.0 Å². The summed E-state index contributed by atoms with van der Waals surface area (Å²) in [6, 6.07) is 4.85. The van der Waals surface area contributed by atoms with Crippen molar-refractivity contribution in [1.82, 2.24) is 5.32 Å². The Morgan fingerprint density at radius 1 is 1.40 bits per heavy atom. The van der Waals surface area contributed by atoms with Crippen molar-refractivity contribution in [2.24, 2.45) is 0 Å². The van der Waals surface area contributed by atoms with E-state index in [4.69, 9.17) is 9.15 Å². The Labute approximate surface area is 91.8 Å². The molecule has 86 valence electrons. The summed E-state index contributed by atoms with van der Waals surface area (Å²) in [5.41, 5.74) is 0. The minimum absolute atomic E-state index is 0.433. The number of ether oxygens (including phenoxy) is 1. The van der Waals surface area contributed by atoms with Crippen LogP contribution in [0.25, 0.3) is 0 Å². The zero-order chi connectivity index (χ0) is 11.1. The van der Waals surface area contributed by atoms with E-state index in [0.29, 0.717) is 12.1 Å². The molecule has 1 aromatic heterocycles. The summed E-state index contributed by atoms with van der Waals surface area (Å²) in [4.78, 5) is 0. The third-order valence-corrected chi connectivity index (χ3v) is 2.41. The molecule has 0 spiro atoms. The van der Waals surface area contributed by atoms with Gasteiger partial charge in [-0.15, -0.1) is 0 Å². The quantitative estimate of drug-likeness (QED) is 0.751. The first-order valence-electron chi connectivity index (χ1n) is 5.49. The summed E-state index contributed by atoms with van der Waals surface area (Å²) in [5.74, 6) is 1.04. The molecule has 15 heavy (non-hydrogen) atoms. The van der Waals surface area contributed by atoms with Crippen molar-refractivity contribution in [3.63, 3.8) is 0 Å². The Balaban J connectivity index is 2.20. The van der Waals surface area contributed by atoms with Gasteiger partial charge in [0.15, 0.2) is 0 Å². The van der Waals surface area contributed by atoms with E-state index in [1.807, 2.05) is 12.1 Å². The topological polar surface area (TPSA) is 34.4 Å². The fourth-order valence-corrected chi connectivity index (χ4v) is 1.65. The Morgan fingerprint density at radius 3 is 2.80 bits per heavy atom. The number of methoxy groups -OCH3 is 1. The molecule has 1 N–H and O–H groups in total. The third kappa shape index (κ3) is 5.00. The first kappa shape index (κ1) is 12.3. The predicted octanol–water partition coefficient (Wildman–Crippen LogP) is 2.23. The van der Waals surface area contributed by atoms with E-state index in [2.05, 4.69) is 19.2 Å². The van der Waals surface area contributed by atoms with Crippen LogP contribution < -0.4 is 5.32 Å². The lowest BCUT2D eigenvalue weighted by atomic mass is 10.1. The molecule has 3 nitrogen and oxygen atoms in total. The van der Waals surface area contributed by atoms with Crippen molar-refractivity contribution < 1.29 is 9.15 Å². The van der Waals surface area contributed by atoms with Gasteiger partial charge >= 0.3 is 0 Å². The average molecular weight is 211 g/mol. The summed E-state index contributed by atoms with van der Waals surface area (Å²) < 4.78 is 10.3. The molecule has 0 radical (unpaired) electrons. The Hall–Kier alpha value is -0.800. The Morgan fingerprint density at radius 2 is 2.20 bits per heavy atom. The molecule has 0 aliphatic rings. The van der Waals surface area contributed by atoms with Crippen LogP contribution in [0.15, 0.2) is 22.8 Å². The number of furan rings is 1. The Kier molecular flexibility index (Phi) is 5.43. The van der Waals surface area contributed by atoms with E-state index in [1.54, 1.807) is 13.4 Å². The molecule has 3 heteroatoms. The number of rotatable bonds is 7. The van der Waals surface area contributed by atoms with Crippen molar-refractivity contribution in [2.75, 3.05) is 13.7 Å². The lowest BCUT2D eigenvalue weighted by Crippen LogP contribution is -2.36. The van der Waals surface area contributed by atoms with Crippen LogP contribution in [0.3, 0.4) is 0 Å². The van der Waals surface area contributed by atoms with Crippen LogP contribution in [-0.4, -0.2) is 25.8 Å². The van der Waals surface area contributed by atoms with Gasteiger partial charge in [0.2, 0.25) is 0 Å². The van der Waals surface area contributed by atoms with Gasteiger partial charge in [-0.3, -0.25) is 0 Å². The monoisotopic (exact) mass is 211 g/mol. The largest absolute Gasteiger partial charge is 0.469 e. The molecule has 0 saturated carbocycles. The average Bonchev–Trinajstić information content (AvgIpc) is 2.67. The van der Waals surface area contributed by atoms with Crippen LogP contribution in [-0.2, 0) is 11.2 Å². The van der Waals surface area contributed by atoms with E-state index >= 15 is 0 Å². The van der Waals surface area contributed by atoms with Gasteiger partial charge in [-0.25, -0.2) is 0 Å². The molecule has 0 aliphatic carbocycles. The van der Waals surface area contributed by atoms with Crippen molar-refractivity contribution in [2.45, 2.75) is 38.8 Å². The van der Waals surface area contributed by atoms with Gasteiger partial charge < -0.3 is 14.5 Å². The van der Waals surface area contributed by atoms with Crippen LogP contribution in [0, 0.1) is 0 Å². The van der Waals surface area contributed by atoms with Gasteiger partial charge in [-0.05, 0) is 32.4 Å². The highest BCUT2D eigenvalue weighted by Gasteiger charge is 2.08. The van der Waals surface area contributed by atoms with E-state index in [9.17, 15) is 0 Å². The van der Waals surface area contributed by atoms with E-state index < -0.39 is 0 Å². The summed E-state index contributed by atoms with van der Waals surface area (Å²) in [6.45, 7) is 5.16. The van der Waals surface area contributed by atoms with Gasteiger partial charge in [-0.2, -0.15) is 0 Å². The Bertz CT molecular complexity index is 246. The molecule has 0 bridgehead atoms. The van der Waals surface area contributed by atoms with Gasteiger partial charge in [0.25, 0.3) is 0 Å². The molecule has 1 aromatic rings. The second-order valence-electron chi connectivity index (χ2n) is 4.03. The molecule has 0 fully saturated rings.